The Morgan fingerprint density at radius 1 is 1.00 bits per heavy atom. The lowest BCUT2D eigenvalue weighted by Crippen LogP contribution is -2.38. The highest BCUT2D eigenvalue weighted by Crippen LogP contribution is 2.40. The molecule has 0 radical (unpaired) electrons. The van der Waals surface area contributed by atoms with Crippen molar-refractivity contribution in [2.75, 3.05) is 34.4 Å². The number of ether oxygens (including phenoxy) is 3. The molecule has 1 saturated heterocycles. The number of primary amides is 1. The lowest BCUT2D eigenvalue weighted by Gasteiger charge is -2.31. The average molecular weight is 398 g/mol. The Labute approximate surface area is 162 Å². The first-order chi connectivity index (χ1) is 13.2. The third-order valence-corrected chi connectivity index (χ3v) is 4.35. The van der Waals surface area contributed by atoms with Crippen molar-refractivity contribution < 1.29 is 38.8 Å². The maximum atomic E-state index is 11.2. The first kappa shape index (κ1) is 23.0. The number of amides is 1. The predicted molar refractivity (Wildman–Crippen MR) is 98.6 cm³/mol. The van der Waals surface area contributed by atoms with E-state index in [1.165, 1.54) is 0 Å². The molecule has 10 heteroatoms. The van der Waals surface area contributed by atoms with Crippen LogP contribution in [0.5, 0.6) is 17.2 Å². The van der Waals surface area contributed by atoms with Crippen LogP contribution < -0.4 is 19.9 Å². The minimum Gasteiger partial charge on any atom is -0.493 e. The van der Waals surface area contributed by atoms with Crippen molar-refractivity contribution in [2.24, 2.45) is 11.7 Å². The highest BCUT2D eigenvalue weighted by Gasteiger charge is 2.24. The quantitative estimate of drug-likeness (QED) is 0.584. The molecule has 0 saturated carbocycles. The average Bonchev–Trinajstić information content (AvgIpc) is 2.68. The second-order valence-corrected chi connectivity index (χ2v) is 6.06. The molecule has 0 bridgehead atoms. The summed E-state index contributed by atoms with van der Waals surface area (Å²) in [6.45, 7) is 2.45. The van der Waals surface area contributed by atoms with E-state index in [2.05, 4.69) is 4.90 Å². The van der Waals surface area contributed by atoms with Gasteiger partial charge in [0.05, 0.1) is 21.3 Å². The van der Waals surface area contributed by atoms with E-state index in [-0.39, 0.29) is 11.8 Å². The molecule has 1 aliphatic rings. The Kier molecular flexibility index (Phi) is 9.03. The fraction of sp³-hybridized carbons (Fsp3) is 0.500. The number of carboxylic acid groups (broad SMARTS) is 2. The lowest BCUT2D eigenvalue weighted by atomic mass is 9.96. The molecule has 1 aromatic rings. The summed E-state index contributed by atoms with van der Waals surface area (Å²) >= 11 is 0. The number of likely N-dealkylation sites (tertiary alicyclic amines) is 1. The maximum absolute atomic E-state index is 11.2. The number of hydrogen-bond donors (Lipinski definition) is 3. The van der Waals surface area contributed by atoms with Gasteiger partial charge in [-0.2, -0.15) is 0 Å². The van der Waals surface area contributed by atoms with E-state index in [1.54, 1.807) is 21.3 Å². The van der Waals surface area contributed by atoms with Crippen LogP contribution >= 0.6 is 0 Å². The number of hydrogen-bond acceptors (Lipinski definition) is 7. The molecule has 10 nitrogen and oxygen atoms in total. The molecule has 1 fully saturated rings. The number of rotatable bonds is 6. The van der Waals surface area contributed by atoms with E-state index in [0.717, 1.165) is 38.0 Å². The van der Waals surface area contributed by atoms with E-state index in [4.69, 9.17) is 39.7 Å². The Bertz CT molecular complexity index is 687. The van der Waals surface area contributed by atoms with Gasteiger partial charge in [-0.3, -0.25) is 9.69 Å². The standard InChI is InChI=1S/C16H24N2O4.C2H2O4/c1-20-13-5-4-12(14(21-2)15(13)22-3)10-18-8-6-11(7-9-18)16(17)19;3-1(4)2(5)6/h4-5,11H,6-10H2,1-3H3,(H2,17,19);(H,3,4)(H,5,6). The highest BCUT2D eigenvalue weighted by molar-refractivity contribution is 6.27. The van der Waals surface area contributed by atoms with Crippen molar-refractivity contribution in [3.63, 3.8) is 0 Å². The zero-order chi connectivity index (χ0) is 21.3. The number of piperidine rings is 1. The third-order valence-electron chi connectivity index (χ3n) is 4.35. The van der Waals surface area contributed by atoms with Gasteiger partial charge in [0.2, 0.25) is 11.7 Å². The fourth-order valence-electron chi connectivity index (χ4n) is 2.90. The van der Waals surface area contributed by atoms with Crippen molar-refractivity contribution in [1.82, 2.24) is 4.90 Å². The van der Waals surface area contributed by atoms with Gasteiger partial charge in [0.25, 0.3) is 0 Å². The summed E-state index contributed by atoms with van der Waals surface area (Å²) in [6.07, 6.45) is 1.62. The number of carbonyl (C=O) groups excluding carboxylic acids is 1. The predicted octanol–water partition coefficient (Wildman–Crippen LogP) is 0.565. The summed E-state index contributed by atoms with van der Waals surface area (Å²) in [5.74, 6) is -1.89. The zero-order valence-electron chi connectivity index (χ0n) is 16.1. The zero-order valence-corrected chi connectivity index (χ0v) is 16.1. The molecule has 1 aromatic carbocycles. The minimum absolute atomic E-state index is 0.00329. The molecular formula is C18H26N2O8. The van der Waals surface area contributed by atoms with Crippen LogP contribution in [-0.4, -0.2) is 67.4 Å². The number of nitrogens with two attached hydrogens (primary N) is 1. The monoisotopic (exact) mass is 398 g/mol. The summed E-state index contributed by atoms with van der Waals surface area (Å²) in [7, 11) is 4.83. The van der Waals surface area contributed by atoms with Crippen molar-refractivity contribution in [3.8, 4) is 17.2 Å². The molecule has 2 rings (SSSR count). The molecule has 0 aliphatic carbocycles. The van der Waals surface area contributed by atoms with Gasteiger partial charge >= 0.3 is 11.9 Å². The van der Waals surface area contributed by atoms with Gasteiger partial charge in [-0.1, -0.05) is 6.07 Å². The van der Waals surface area contributed by atoms with E-state index in [1.807, 2.05) is 12.1 Å². The van der Waals surface area contributed by atoms with Crippen LogP contribution in [0, 0.1) is 5.92 Å². The van der Waals surface area contributed by atoms with Gasteiger partial charge in [-0.05, 0) is 32.0 Å². The number of benzene rings is 1. The van der Waals surface area contributed by atoms with Gasteiger partial charge in [0.15, 0.2) is 11.5 Å². The van der Waals surface area contributed by atoms with Crippen LogP contribution in [0.2, 0.25) is 0 Å². The fourth-order valence-corrected chi connectivity index (χ4v) is 2.90. The van der Waals surface area contributed by atoms with Crippen LogP contribution in [0.1, 0.15) is 18.4 Å². The van der Waals surface area contributed by atoms with Crippen molar-refractivity contribution in [3.05, 3.63) is 17.7 Å². The molecule has 0 aromatic heterocycles. The number of nitrogens with zero attached hydrogens (tertiary/aromatic N) is 1. The van der Waals surface area contributed by atoms with E-state index < -0.39 is 11.9 Å². The molecule has 1 aliphatic heterocycles. The highest BCUT2D eigenvalue weighted by atomic mass is 16.5. The number of methoxy groups -OCH3 is 3. The maximum Gasteiger partial charge on any atom is 0.414 e. The topological polar surface area (TPSA) is 149 Å². The van der Waals surface area contributed by atoms with Crippen LogP contribution in [-0.2, 0) is 20.9 Å². The van der Waals surface area contributed by atoms with Crippen molar-refractivity contribution in [1.29, 1.82) is 0 Å². The van der Waals surface area contributed by atoms with Gasteiger partial charge < -0.3 is 30.2 Å². The van der Waals surface area contributed by atoms with Crippen molar-refractivity contribution >= 4 is 17.8 Å². The molecule has 0 spiro atoms. The van der Waals surface area contributed by atoms with E-state index in [0.29, 0.717) is 17.2 Å². The number of carboxylic acids is 2. The minimum atomic E-state index is -1.82. The largest absolute Gasteiger partial charge is 0.493 e. The SMILES string of the molecule is COc1ccc(CN2CCC(C(N)=O)CC2)c(OC)c1OC.O=C(O)C(=O)O. The molecule has 4 N–H and O–H groups in total. The number of aliphatic carboxylic acids is 2. The van der Waals surface area contributed by atoms with E-state index >= 15 is 0 Å². The molecule has 28 heavy (non-hydrogen) atoms. The normalized spacial score (nSPS) is 14.4. The van der Waals surface area contributed by atoms with Gasteiger partial charge in [0.1, 0.15) is 0 Å². The second-order valence-electron chi connectivity index (χ2n) is 6.06. The second kappa shape index (κ2) is 11.0. The Morgan fingerprint density at radius 3 is 1.93 bits per heavy atom. The molecular weight excluding hydrogens is 372 g/mol. The van der Waals surface area contributed by atoms with Crippen LogP contribution in [0.4, 0.5) is 0 Å². The molecule has 0 unspecified atom stereocenters. The third kappa shape index (κ3) is 6.31. The van der Waals surface area contributed by atoms with Crippen LogP contribution in [0.3, 0.4) is 0 Å². The van der Waals surface area contributed by atoms with Gasteiger partial charge in [-0.15, -0.1) is 0 Å². The lowest BCUT2D eigenvalue weighted by molar-refractivity contribution is -0.159. The molecule has 1 heterocycles. The molecule has 1 amide bonds. The van der Waals surface area contributed by atoms with Gasteiger partial charge in [-0.25, -0.2) is 9.59 Å². The summed E-state index contributed by atoms with van der Waals surface area (Å²) < 4.78 is 16.2. The summed E-state index contributed by atoms with van der Waals surface area (Å²) in [6, 6.07) is 3.87. The van der Waals surface area contributed by atoms with Crippen molar-refractivity contribution in [2.45, 2.75) is 19.4 Å². The Morgan fingerprint density at radius 2 is 1.54 bits per heavy atom. The summed E-state index contributed by atoms with van der Waals surface area (Å²) in [4.78, 5) is 31.7. The van der Waals surface area contributed by atoms with Crippen LogP contribution in [0.25, 0.3) is 0 Å². The number of carbonyl (C=O) groups is 3. The van der Waals surface area contributed by atoms with E-state index in [9.17, 15) is 4.79 Å². The van der Waals surface area contributed by atoms with Crippen LogP contribution in [0.15, 0.2) is 12.1 Å². The Balaban J connectivity index is 0.000000568. The molecule has 156 valence electrons. The Hall–Kier alpha value is -3.01. The summed E-state index contributed by atoms with van der Waals surface area (Å²) in [5.41, 5.74) is 6.41. The molecule has 0 atom stereocenters. The first-order valence-corrected chi connectivity index (χ1v) is 8.50. The first-order valence-electron chi connectivity index (χ1n) is 8.50. The van der Waals surface area contributed by atoms with Gasteiger partial charge in [0, 0.05) is 18.0 Å². The smallest absolute Gasteiger partial charge is 0.414 e. The summed E-state index contributed by atoms with van der Waals surface area (Å²) in [5, 5.41) is 14.8.